The van der Waals surface area contributed by atoms with Crippen molar-refractivity contribution in [1.29, 1.82) is 0 Å². The third-order valence-electron chi connectivity index (χ3n) is 3.25. The fourth-order valence-corrected chi connectivity index (χ4v) is 2.14. The lowest BCUT2D eigenvalue weighted by atomic mass is 10.1. The summed E-state index contributed by atoms with van der Waals surface area (Å²) in [5.41, 5.74) is 0.917. The predicted octanol–water partition coefficient (Wildman–Crippen LogP) is 1.76. The first-order valence-electron chi connectivity index (χ1n) is 5.66. The van der Waals surface area contributed by atoms with Gasteiger partial charge in [-0.25, -0.2) is 4.79 Å². The standard InChI is InChI=1S/C12H13NO3/c14-11-6-8(12(15)16)5-10(7-1-2-7)13(11)9-3-4-9/h5-7,9H,1-4H2,(H,15,16). The van der Waals surface area contributed by atoms with Gasteiger partial charge in [0.1, 0.15) is 0 Å². The van der Waals surface area contributed by atoms with Gasteiger partial charge in [-0.05, 0) is 37.7 Å². The smallest absolute Gasteiger partial charge is 0.335 e. The molecule has 0 unspecified atom stereocenters. The number of carboxylic acids is 1. The van der Waals surface area contributed by atoms with Crippen LogP contribution in [0.2, 0.25) is 0 Å². The highest BCUT2D eigenvalue weighted by molar-refractivity contribution is 5.87. The van der Waals surface area contributed by atoms with Crippen molar-refractivity contribution in [2.75, 3.05) is 0 Å². The Morgan fingerprint density at radius 3 is 2.44 bits per heavy atom. The molecule has 0 spiro atoms. The first-order valence-corrected chi connectivity index (χ1v) is 5.66. The molecule has 2 aliphatic rings. The largest absolute Gasteiger partial charge is 0.478 e. The zero-order valence-corrected chi connectivity index (χ0v) is 8.85. The predicted molar refractivity (Wildman–Crippen MR) is 57.9 cm³/mol. The van der Waals surface area contributed by atoms with Crippen molar-refractivity contribution < 1.29 is 9.90 Å². The van der Waals surface area contributed by atoms with Crippen molar-refractivity contribution in [3.63, 3.8) is 0 Å². The van der Waals surface area contributed by atoms with Crippen LogP contribution in [0.1, 0.15) is 53.7 Å². The number of carboxylic acid groups (broad SMARTS) is 1. The summed E-state index contributed by atoms with van der Waals surface area (Å²) < 4.78 is 1.81. The van der Waals surface area contributed by atoms with Crippen molar-refractivity contribution in [3.8, 4) is 0 Å². The third-order valence-corrected chi connectivity index (χ3v) is 3.25. The van der Waals surface area contributed by atoms with Crippen LogP contribution in [0.3, 0.4) is 0 Å². The summed E-state index contributed by atoms with van der Waals surface area (Å²) in [6, 6.07) is 3.25. The molecule has 0 atom stereocenters. The van der Waals surface area contributed by atoms with Crippen molar-refractivity contribution in [3.05, 3.63) is 33.7 Å². The summed E-state index contributed by atoms with van der Waals surface area (Å²) in [5, 5.41) is 8.93. The van der Waals surface area contributed by atoms with Gasteiger partial charge in [0.25, 0.3) is 5.56 Å². The van der Waals surface area contributed by atoms with Crippen LogP contribution >= 0.6 is 0 Å². The monoisotopic (exact) mass is 219 g/mol. The first-order chi connectivity index (χ1) is 7.66. The zero-order valence-electron chi connectivity index (χ0n) is 8.85. The molecule has 1 aromatic heterocycles. The van der Waals surface area contributed by atoms with Crippen LogP contribution in [0.5, 0.6) is 0 Å². The molecule has 2 saturated carbocycles. The molecule has 0 amide bonds. The third kappa shape index (κ3) is 1.54. The van der Waals surface area contributed by atoms with E-state index in [0.29, 0.717) is 12.0 Å². The Morgan fingerprint density at radius 2 is 1.94 bits per heavy atom. The Balaban J connectivity index is 2.16. The minimum absolute atomic E-state index is 0.129. The van der Waals surface area contributed by atoms with Gasteiger partial charge in [0, 0.05) is 17.8 Å². The van der Waals surface area contributed by atoms with E-state index < -0.39 is 5.97 Å². The highest BCUT2D eigenvalue weighted by Gasteiger charge is 2.33. The van der Waals surface area contributed by atoms with Crippen LogP contribution < -0.4 is 5.56 Å². The molecule has 0 aromatic carbocycles. The van der Waals surface area contributed by atoms with Gasteiger partial charge in [0.2, 0.25) is 0 Å². The van der Waals surface area contributed by atoms with Crippen LogP contribution in [0.15, 0.2) is 16.9 Å². The Hall–Kier alpha value is -1.58. The Kier molecular flexibility index (Phi) is 1.93. The topological polar surface area (TPSA) is 59.3 Å². The maximum atomic E-state index is 11.9. The molecule has 4 heteroatoms. The number of carbonyl (C=O) groups is 1. The van der Waals surface area contributed by atoms with Crippen LogP contribution in [0.4, 0.5) is 0 Å². The van der Waals surface area contributed by atoms with Crippen molar-refractivity contribution in [2.45, 2.75) is 37.6 Å². The molecular weight excluding hydrogens is 206 g/mol. The molecule has 0 bridgehead atoms. The number of rotatable bonds is 3. The molecule has 1 heterocycles. The number of aromatic nitrogens is 1. The highest BCUT2D eigenvalue weighted by Crippen LogP contribution is 2.44. The number of pyridine rings is 1. The van der Waals surface area contributed by atoms with E-state index in [1.54, 1.807) is 6.07 Å². The van der Waals surface area contributed by atoms with Gasteiger partial charge in [0.05, 0.1) is 5.56 Å². The molecule has 16 heavy (non-hydrogen) atoms. The summed E-state index contributed by atoms with van der Waals surface area (Å²) >= 11 is 0. The highest BCUT2D eigenvalue weighted by atomic mass is 16.4. The van der Waals surface area contributed by atoms with Gasteiger partial charge in [-0.15, -0.1) is 0 Å². The molecule has 1 N–H and O–H groups in total. The quantitative estimate of drug-likeness (QED) is 0.842. The summed E-state index contributed by atoms with van der Waals surface area (Å²) in [6.07, 6.45) is 4.25. The van der Waals surface area contributed by atoms with Gasteiger partial charge in [-0.2, -0.15) is 0 Å². The lowest BCUT2D eigenvalue weighted by molar-refractivity contribution is 0.0696. The number of nitrogens with zero attached hydrogens (tertiary/aromatic N) is 1. The number of hydrogen-bond acceptors (Lipinski definition) is 2. The van der Waals surface area contributed by atoms with E-state index in [1.165, 1.54) is 6.07 Å². The Bertz CT molecular complexity index is 509. The van der Waals surface area contributed by atoms with Gasteiger partial charge in [0.15, 0.2) is 0 Å². The molecule has 2 fully saturated rings. The minimum atomic E-state index is -1.01. The minimum Gasteiger partial charge on any atom is -0.478 e. The Morgan fingerprint density at radius 1 is 1.25 bits per heavy atom. The van der Waals surface area contributed by atoms with Crippen LogP contribution in [-0.2, 0) is 0 Å². The second kappa shape index (κ2) is 3.20. The lowest BCUT2D eigenvalue weighted by Crippen LogP contribution is -2.23. The van der Waals surface area contributed by atoms with Crippen LogP contribution in [0.25, 0.3) is 0 Å². The summed E-state index contributed by atoms with van der Waals surface area (Å²) in [4.78, 5) is 22.8. The van der Waals surface area contributed by atoms with Crippen LogP contribution in [0, 0.1) is 0 Å². The van der Waals surface area contributed by atoms with E-state index in [1.807, 2.05) is 4.57 Å². The van der Waals surface area contributed by atoms with Gasteiger partial charge in [-0.1, -0.05) is 0 Å². The first kappa shape index (κ1) is 9.63. The molecule has 0 aliphatic heterocycles. The average molecular weight is 219 g/mol. The second-order valence-electron chi connectivity index (χ2n) is 4.69. The van der Waals surface area contributed by atoms with Gasteiger partial charge in [-0.3, -0.25) is 4.79 Å². The van der Waals surface area contributed by atoms with E-state index in [2.05, 4.69) is 0 Å². The fraction of sp³-hybridized carbons (Fsp3) is 0.500. The van der Waals surface area contributed by atoms with E-state index in [0.717, 1.165) is 31.4 Å². The maximum absolute atomic E-state index is 11.9. The molecule has 3 rings (SSSR count). The van der Waals surface area contributed by atoms with Crippen molar-refractivity contribution in [1.82, 2.24) is 4.57 Å². The van der Waals surface area contributed by atoms with Crippen molar-refractivity contribution >= 4 is 5.97 Å². The lowest BCUT2D eigenvalue weighted by Gasteiger charge is -2.11. The molecule has 1 aromatic rings. The normalized spacial score (nSPS) is 19.8. The molecular formula is C12H13NO3. The maximum Gasteiger partial charge on any atom is 0.335 e. The zero-order chi connectivity index (χ0) is 11.3. The summed E-state index contributed by atoms with van der Waals surface area (Å²) in [5.74, 6) is -0.602. The molecule has 0 saturated heterocycles. The number of hydrogen-bond donors (Lipinski definition) is 1. The van der Waals surface area contributed by atoms with E-state index in [-0.39, 0.29) is 11.1 Å². The molecule has 84 valence electrons. The fourth-order valence-electron chi connectivity index (χ4n) is 2.14. The Labute approximate surface area is 92.5 Å². The van der Waals surface area contributed by atoms with Crippen LogP contribution in [-0.4, -0.2) is 15.6 Å². The summed E-state index contributed by atoms with van der Waals surface area (Å²) in [7, 11) is 0. The summed E-state index contributed by atoms with van der Waals surface area (Å²) in [6.45, 7) is 0. The van der Waals surface area contributed by atoms with E-state index in [9.17, 15) is 9.59 Å². The molecule has 4 nitrogen and oxygen atoms in total. The van der Waals surface area contributed by atoms with E-state index in [4.69, 9.17) is 5.11 Å². The average Bonchev–Trinajstić information content (AvgIpc) is 3.09. The van der Waals surface area contributed by atoms with E-state index >= 15 is 0 Å². The van der Waals surface area contributed by atoms with Crippen molar-refractivity contribution in [2.24, 2.45) is 0 Å². The molecule has 0 radical (unpaired) electrons. The second-order valence-corrected chi connectivity index (χ2v) is 4.69. The van der Waals surface area contributed by atoms with Gasteiger partial charge >= 0.3 is 5.97 Å². The van der Waals surface area contributed by atoms with Gasteiger partial charge < -0.3 is 9.67 Å². The molecule has 2 aliphatic carbocycles. The number of aromatic carboxylic acids is 1. The SMILES string of the molecule is O=C(O)c1cc(C2CC2)n(C2CC2)c(=O)c1.